The van der Waals surface area contributed by atoms with Gasteiger partial charge in [-0.3, -0.25) is 4.79 Å². The Morgan fingerprint density at radius 3 is 2.77 bits per heavy atom. The van der Waals surface area contributed by atoms with Gasteiger partial charge in [0.25, 0.3) is 0 Å². The minimum Gasteiger partial charge on any atom is -0.465 e. The Hall–Kier alpha value is -0.350. The number of ether oxygens (including phenoxy) is 1. The van der Waals surface area contributed by atoms with Crippen molar-refractivity contribution in [1.82, 2.24) is 5.32 Å². The second-order valence-corrected chi connectivity index (χ2v) is 3.06. The number of hydrogen-bond acceptors (Lipinski definition) is 3. The fraction of sp³-hybridized carbons (Fsp3) is 0.875. The Bertz CT molecular complexity index is 172. The Morgan fingerprint density at radius 2 is 2.38 bits per heavy atom. The number of carbonyl (C=O) groups is 1. The predicted molar refractivity (Wildman–Crippen MR) is 49.8 cm³/mol. The zero-order valence-electron chi connectivity index (χ0n) is 7.64. The average Bonchev–Trinajstić information content (AvgIpc) is 2.54. The van der Waals surface area contributed by atoms with Crippen LogP contribution < -0.4 is 5.32 Å². The van der Waals surface area contributed by atoms with Crippen LogP contribution in [0.5, 0.6) is 0 Å². The first-order valence-electron chi connectivity index (χ1n) is 4.19. The minimum atomic E-state index is -0.893. The molecule has 0 aromatic rings. The van der Waals surface area contributed by atoms with E-state index in [4.69, 9.17) is 4.74 Å². The van der Waals surface area contributed by atoms with Crippen LogP contribution in [-0.4, -0.2) is 32.3 Å². The lowest BCUT2D eigenvalue weighted by Gasteiger charge is -2.21. The summed E-state index contributed by atoms with van der Waals surface area (Å²) in [6.07, 6.45) is 0.544. The summed E-state index contributed by atoms with van der Waals surface area (Å²) in [6.45, 7) is 2.52. The molecule has 0 amide bonds. The van der Waals surface area contributed by atoms with Crippen LogP contribution in [0.2, 0.25) is 0 Å². The topological polar surface area (TPSA) is 38.3 Å². The molecule has 1 saturated heterocycles. The van der Waals surface area contributed by atoms with Gasteiger partial charge in [0.05, 0.1) is 6.61 Å². The van der Waals surface area contributed by atoms with Crippen LogP contribution in [-0.2, 0) is 9.53 Å². The van der Waals surface area contributed by atoms with Crippen LogP contribution in [0.4, 0.5) is 4.39 Å². The van der Waals surface area contributed by atoms with Crippen molar-refractivity contribution in [1.29, 1.82) is 0 Å². The van der Waals surface area contributed by atoms with E-state index in [0.717, 1.165) is 0 Å². The van der Waals surface area contributed by atoms with E-state index in [2.05, 4.69) is 5.32 Å². The highest BCUT2D eigenvalue weighted by atomic mass is 35.5. The first kappa shape index (κ1) is 12.7. The zero-order chi connectivity index (χ0) is 9.03. The van der Waals surface area contributed by atoms with E-state index in [1.807, 2.05) is 0 Å². The molecule has 0 bridgehead atoms. The number of rotatable bonds is 3. The molecule has 5 heteroatoms. The molecule has 3 nitrogen and oxygen atoms in total. The molecule has 0 aromatic carbocycles. The van der Waals surface area contributed by atoms with E-state index >= 15 is 0 Å². The molecular formula is C8H15ClFNO2. The fourth-order valence-corrected chi connectivity index (χ4v) is 1.37. The summed E-state index contributed by atoms with van der Waals surface area (Å²) in [6, 6.07) is 0. The van der Waals surface area contributed by atoms with Crippen LogP contribution >= 0.6 is 12.4 Å². The summed E-state index contributed by atoms with van der Waals surface area (Å²) >= 11 is 0. The molecule has 0 spiro atoms. The Morgan fingerprint density at radius 1 is 1.69 bits per heavy atom. The SMILES string of the molecule is CCOC(=O)C1(CF)CCNC1.Cl. The van der Waals surface area contributed by atoms with Crippen molar-refractivity contribution in [2.75, 3.05) is 26.4 Å². The van der Waals surface area contributed by atoms with Crippen LogP contribution in [0.1, 0.15) is 13.3 Å². The molecular weight excluding hydrogens is 197 g/mol. The van der Waals surface area contributed by atoms with Gasteiger partial charge in [0.15, 0.2) is 0 Å². The van der Waals surface area contributed by atoms with E-state index < -0.39 is 18.1 Å². The standard InChI is InChI=1S/C8H14FNO2.ClH/c1-2-12-7(11)8(5-9)3-4-10-6-8;/h10H,2-6H2,1H3;1H. The fourth-order valence-electron chi connectivity index (χ4n) is 1.37. The van der Waals surface area contributed by atoms with Crippen molar-refractivity contribution in [2.24, 2.45) is 5.41 Å². The second-order valence-electron chi connectivity index (χ2n) is 3.06. The lowest BCUT2D eigenvalue weighted by molar-refractivity contribution is -0.155. The maximum Gasteiger partial charge on any atom is 0.316 e. The Labute approximate surface area is 83.4 Å². The van der Waals surface area contributed by atoms with Gasteiger partial charge in [-0.05, 0) is 19.9 Å². The number of halogens is 2. The number of nitrogens with one attached hydrogen (secondary N) is 1. The molecule has 1 unspecified atom stereocenters. The van der Waals surface area contributed by atoms with Gasteiger partial charge in [0.2, 0.25) is 0 Å². The lowest BCUT2D eigenvalue weighted by Crippen LogP contribution is -2.37. The highest BCUT2D eigenvalue weighted by Gasteiger charge is 2.42. The van der Waals surface area contributed by atoms with Crippen molar-refractivity contribution in [3.63, 3.8) is 0 Å². The van der Waals surface area contributed by atoms with Gasteiger partial charge in [-0.2, -0.15) is 0 Å². The predicted octanol–water partition coefficient (Wildman–Crippen LogP) is 0.920. The van der Waals surface area contributed by atoms with E-state index in [-0.39, 0.29) is 12.4 Å². The summed E-state index contributed by atoms with van der Waals surface area (Å²) in [4.78, 5) is 11.3. The molecule has 1 N–H and O–H groups in total. The highest BCUT2D eigenvalue weighted by molar-refractivity contribution is 5.85. The van der Waals surface area contributed by atoms with Gasteiger partial charge >= 0.3 is 5.97 Å². The quantitative estimate of drug-likeness (QED) is 0.706. The van der Waals surface area contributed by atoms with Crippen molar-refractivity contribution in [2.45, 2.75) is 13.3 Å². The number of hydrogen-bond donors (Lipinski definition) is 1. The number of esters is 1. The van der Waals surface area contributed by atoms with E-state index in [1.54, 1.807) is 6.92 Å². The number of alkyl halides is 1. The molecule has 1 fully saturated rings. The van der Waals surface area contributed by atoms with Crippen molar-refractivity contribution < 1.29 is 13.9 Å². The molecule has 1 heterocycles. The van der Waals surface area contributed by atoms with E-state index in [1.165, 1.54) is 0 Å². The molecule has 1 aliphatic heterocycles. The third-order valence-corrected chi connectivity index (χ3v) is 2.21. The van der Waals surface area contributed by atoms with Gasteiger partial charge in [-0.15, -0.1) is 12.4 Å². The maximum atomic E-state index is 12.6. The average molecular weight is 212 g/mol. The summed E-state index contributed by atoms with van der Waals surface area (Å²) in [5.74, 6) is -0.405. The Balaban J connectivity index is 0.00000144. The van der Waals surface area contributed by atoms with E-state index in [9.17, 15) is 9.18 Å². The first-order valence-corrected chi connectivity index (χ1v) is 4.19. The molecule has 0 aromatic heterocycles. The molecule has 1 rings (SSSR count). The summed E-state index contributed by atoms with van der Waals surface area (Å²) in [5, 5.41) is 2.96. The smallest absolute Gasteiger partial charge is 0.316 e. The third kappa shape index (κ3) is 2.54. The van der Waals surface area contributed by atoms with Crippen molar-refractivity contribution in [3.05, 3.63) is 0 Å². The van der Waals surface area contributed by atoms with Crippen LogP contribution in [0.25, 0.3) is 0 Å². The molecule has 0 saturated carbocycles. The van der Waals surface area contributed by atoms with Crippen LogP contribution in [0, 0.1) is 5.41 Å². The largest absolute Gasteiger partial charge is 0.465 e. The van der Waals surface area contributed by atoms with Crippen LogP contribution in [0.15, 0.2) is 0 Å². The Kier molecular flexibility index (Phi) is 5.25. The zero-order valence-corrected chi connectivity index (χ0v) is 8.45. The van der Waals surface area contributed by atoms with Gasteiger partial charge in [0, 0.05) is 6.54 Å². The van der Waals surface area contributed by atoms with Gasteiger partial charge in [-0.1, -0.05) is 0 Å². The van der Waals surface area contributed by atoms with Gasteiger partial charge in [-0.25, -0.2) is 4.39 Å². The van der Waals surface area contributed by atoms with Gasteiger partial charge in [0.1, 0.15) is 12.1 Å². The molecule has 0 aliphatic carbocycles. The molecule has 0 radical (unpaired) electrons. The lowest BCUT2D eigenvalue weighted by atomic mass is 9.89. The summed E-state index contributed by atoms with van der Waals surface area (Å²) in [7, 11) is 0. The molecule has 1 aliphatic rings. The second kappa shape index (κ2) is 5.40. The molecule has 1 atom stereocenters. The van der Waals surface area contributed by atoms with Crippen molar-refractivity contribution >= 4 is 18.4 Å². The third-order valence-electron chi connectivity index (χ3n) is 2.21. The maximum absolute atomic E-state index is 12.6. The monoisotopic (exact) mass is 211 g/mol. The molecule has 78 valence electrons. The molecule has 13 heavy (non-hydrogen) atoms. The van der Waals surface area contributed by atoms with Gasteiger partial charge < -0.3 is 10.1 Å². The van der Waals surface area contributed by atoms with E-state index in [0.29, 0.717) is 26.1 Å². The normalized spacial score (nSPS) is 26.6. The summed E-state index contributed by atoms with van der Waals surface area (Å²) in [5.41, 5.74) is -0.893. The number of carbonyl (C=O) groups excluding carboxylic acids is 1. The van der Waals surface area contributed by atoms with Crippen molar-refractivity contribution in [3.8, 4) is 0 Å². The highest BCUT2D eigenvalue weighted by Crippen LogP contribution is 2.27. The minimum absolute atomic E-state index is 0. The summed E-state index contributed by atoms with van der Waals surface area (Å²) < 4.78 is 17.4. The first-order chi connectivity index (χ1) is 5.75. The van der Waals surface area contributed by atoms with Crippen LogP contribution in [0.3, 0.4) is 0 Å².